The number of hydrogen-bond donors (Lipinski definition) is 2. The predicted octanol–water partition coefficient (Wildman–Crippen LogP) is -1.50. The number of carbonyl (C=O) groups is 3. The lowest BCUT2D eigenvalue weighted by Crippen LogP contribution is -2.48. The van der Waals surface area contributed by atoms with Crippen LogP contribution >= 0.6 is 0 Å². The van der Waals surface area contributed by atoms with Crippen LogP contribution in [0.25, 0.3) is 0 Å². The molecule has 0 saturated carbocycles. The van der Waals surface area contributed by atoms with Gasteiger partial charge in [0, 0.05) is 33.1 Å². The van der Waals surface area contributed by atoms with Crippen LogP contribution in [-0.4, -0.2) is 75.2 Å². The van der Waals surface area contributed by atoms with Gasteiger partial charge in [-0.25, -0.2) is 0 Å². The highest BCUT2D eigenvalue weighted by molar-refractivity contribution is 5.78. The number of amides is 2. The quantitative estimate of drug-likeness (QED) is 0.439. The minimum Gasteiger partial charge on any atom is -0.469 e. The Kier molecular flexibility index (Phi) is 7.70. The summed E-state index contributed by atoms with van der Waals surface area (Å²) in [6, 6.07) is 0. The maximum Gasteiger partial charge on any atom is 0.308 e. The van der Waals surface area contributed by atoms with Gasteiger partial charge in [-0.05, 0) is 0 Å². The second-order valence-corrected chi connectivity index (χ2v) is 4.84. The molecule has 1 fully saturated rings. The first-order valence-electron chi connectivity index (χ1n) is 6.93. The molecule has 1 heterocycles. The standard InChI is InChI=1S/C13H23N3O5/c1-10(17)14-3-4-15-12(18)9-16-5-6-21-11(8-16)7-13(19)20-2/h11H,3-9H2,1-2H3,(H,14,17)(H,15,18). The Morgan fingerprint density at radius 1 is 1.29 bits per heavy atom. The molecule has 1 unspecified atom stereocenters. The van der Waals surface area contributed by atoms with E-state index in [2.05, 4.69) is 15.4 Å². The van der Waals surface area contributed by atoms with Gasteiger partial charge in [0.2, 0.25) is 11.8 Å². The number of nitrogens with zero attached hydrogens (tertiary/aromatic N) is 1. The van der Waals surface area contributed by atoms with Crippen molar-refractivity contribution in [2.24, 2.45) is 0 Å². The first kappa shape index (κ1) is 17.4. The minimum absolute atomic E-state index is 0.112. The third kappa shape index (κ3) is 7.62. The summed E-state index contributed by atoms with van der Waals surface area (Å²) in [5, 5.41) is 5.33. The first-order chi connectivity index (χ1) is 10.0. The number of hydrogen-bond acceptors (Lipinski definition) is 6. The normalized spacial score (nSPS) is 18.9. The van der Waals surface area contributed by atoms with Gasteiger partial charge < -0.3 is 20.1 Å². The Morgan fingerprint density at radius 2 is 2.00 bits per heavy atom. The van der Waals surface area contributed by atoms with Gasteiger partial charge in [-0.3, -0.25) is 19.3 Å². The Hall–Kier alpha value is -1.67. The van der Waals surface area contributed by atoms with E-state index < -0.39 is 0 Å². The van der Waals surface area contributed by atoms with Crippen molar-refractivity contribution in [1.29, 1.82) is 0 Å². The van der Waals surface area contributed by atoms with E-state index in [9.17, 15) is 14.4 Å². The van der Waals surface area contributed by atoms with Gasteiger partial charge in [0.1, 0.15) is 0 Å². The lowest BCUT2D eigenvalue weighted by atomic mass is 10.2. The fourth-order valence-corrected chi connectivity index (χ4v) is 2.02. The van der Waals surface area contributed by atoms with Crippen LogP contribution < -0.4 is 10.6 Å². The average Bonchev–Trinajstić information content (AvgIpc) is 2.43. The number of carbonyl (C=O) groups excluding carboxylic acids is 3. The molecule has 1 atom stereocenters. The monoisotopic (exact) mass is 301 g/mol. The highest BCUT2D eigenvalue weighted by atomic mass is 16.5. The van der Waals surface area contributed by atoms with Crippen LogP contribution in [-0.2, 0) is 23.9 Å². The molecule has 2 N–H and O–H groups in total. The van der Waals surface area contributed by atoms with Crippen molar-refractivity contribution in [2.45, 2.75) is 19.4 Å². The SMILES string of the molecule is COC(=O)CC1CN(CC(=O)NCCNC(C)=O)CCO1. The van der Waals surface area contributed by atoms with Gasteiger partial charge in [-0.2, -0.15) is 0 Å². The third-order valence-corrected chi connectivity index (χ3v) is 3.03. The molecule has 0 aliphatic carbocycles. The van der Waals surface area contributed by atoms with E-state index in [1.165, 1.54) is 14.0 Å². The molecule has 0 aromatic carbocycles. The summed E-state index contributed by atoms with van der Waals surface area (Å²) in [5.74, 6) is -0.552. The van der Waals surface area contributed by atoms with Crippen LogP contribution in [0.4, 0.5) is 0 Å². The molecule has 0 spiro atoms. The second kappa shape index (κ2) is 9.30. The first-order valence-corrected chi connectivity index (χ1v) is 6.93. The number of nitrogens with one attached hydrogen (secondary N) is 2. The fourth-order valence-electron chi connectivity index (χ4n) is 2.02. The summed E-state index contributed by atoms with van der Waals surface area (Å²) in [4.78, 5) is 35.6. The zero-order valence-corrected chi connectivity index (χ0v) is 12.5. The van der Waals surface area contributed by atoms with Crippen molar-refractivity contribution in [1.82, 2.24) is 15.5 Å². The van der Waals surface area contributed by atoms with Crippen molar-refractivity contribution in [3.63, 3.8) is 0 Å². The molecule has 8 nitrogen and oxygen atoms in total. The van der Waals surface area contributed by atoms with E-state index in [0.29, 0.717) is 32.8 Å². The molecule has 0 aromatic rings. The van der Waals surface area contributed by atoms with Gasteiger partial charge in [0.15, 0.2) is 0 Å². The third-order valence-electron chi connectivity index (χ3n) is 3.03. The van der Waals surface area contributed by atoms with Gasteiger partial charge in [-0.1, -0.05) is 0 Å². The van der Waals surface area contributed by atoms with E-state index in [1.54, 1.807) is 0 Å². The van der Waals surface area contributed by atoms with Crippen LogP contribution in [0.3, 0.4) is 0 Å². The summed E-state index contributed by atoms with van der Waals surface area (Å²) < 4.78 is 10.1. The van der Waals surface area contributed by atoms with E-state index in [4.69, 9.17) is 4.74 Å². The Balaban J connectivity index is 2.22. The zero-order valence-electron chi connectivity index (χ0n) is 12.5. The number of morpholine rings is 1. The Bertz CT molecular complexity index is 375. The Morgan fingerprint density at radius 3 is 2.67 bits per heavy atom. The molecular formula is C13H23N3O5. The molecule has 8 heteroatoms. The smallest absolute Gasteiger partial charge is 0.308 e. The topological polar surface area (TPSA) is 97.0 Å². The second-order valence-electron chi connectivity index (χ2n) is 4.84. The lowest BCUT2D eigenvalue weighted by Gasteiger charge is -2.31. The van der Waals surface area contributed by atoms with Gasteiger partial charge in [0.05, 0.1) is 32.8 Å². The van der Waals surface area contributed by atoms with Crippen LogP contribution in [0.2, 0.25) is 0 Å². The number of esters is 1. The van der Waals surface area contributed by atoms with Gasteiger partial charge in [-0.15, -0.1) is 0 Å². The average molecular weight is 301 g/mol. The summed E-state index contributed by atoms with van der Waals surface area (Å²) in [5.41, 5.74) is 0. The van der Waals surface area contributed by atoms with Crippen LogP contribution in [0, 0.1) is 0 Å². The lowest BCUT2D eigenvalue weighted by molar-refractivity contribution is -0.145. The van der Waals surface area contributed by atoms with E-state index >= 15 is 0 Å². The highest BCUT2D eigenvalue weighted by Crippen LogP contribution is 2.08. The molecule has 0 bridgehead atoms. The van der Waals surface area contributed by atoms with Crippen molar-refractivity contribution < 1.29 is 23.9 Å². The molecule has 21 heavy (non-hydrogen) atoms. The number of methoxy groups -OCH3 is 1. The molecule has 0 radical (unpaired) electrons. The van der Waals surface area contributed by atoms with E-state index in [-0.39, 0.29) is 36.9 Å². The molecule has 1 saturated heterocycles. The van der Waals surface area contributed by atoms with Gasteiger partial charge >= 0.3 is 5.97 Å². The van der Waals surface area contributed by atoms with Crippen molar-refractivity contribution in [3.05, 3.63) is 0 Å². The summed E-state index contributed by atoms with van der Waals surface area (Å²) in [6.45, 7) is 4.15. The summed E-state index contributed by atoms with van der Waals surface area (Å²) in [7, 11) is 1.34. The molecule has 2 amide bonds. The number of rotatable bonds is 7. The summed E-state index contributed by atoms with van der Waals surface area (Å²) >= 11 is 0. The molecular weight excluding hydrogens is 278 g/mol. The molecule has 1 aliphatic heterocycles. The number of ether oxygens (including phenoxy) is 2. The fraction of sp³-hybridized carbons (Fsp3) is 0.769. The Labute approximate surface area is 124 Å². The van der Waals surface area contributed by atoms with Crippen molar-refractivity contribution >= 4 is 17.8 Å². The van der Waals surface area contributed by atoms with Crippen LogP contribution in [0.15, 0.2) is 0 Å². The molecule has 1 aliphatic rings. The zero-order chi connectivity index (χ0) is 15.7. The van der Waals surface area contributed by atoms with E-state index in [1.807, 2.05) is 4.90 Å². The molecule has 0 aromatic heterocycles. The van der Waals surface area contributed by atoms with Crippen LogP contribution in [0.5, 0.6) is 0 Å². The highest BCUT2D eigenvalue weighted by Gasteiger charge is 2.24. The predicted molar refractivity (Wildman–Crippen MR) is 74.5 cm³/mol. The van der Waals surface area contributed by atoms with E-state index in [0.717, 1.165) is 0 Å². The van der Waals surface area contributed by atoms with Crippen LogP contribution in [0.1, 0.15) is 13.3 Å². The molecule has 1 rings (SSSR count). The largest absolute Gasteiger partial charge is 0.469 e. The van der Waals surface area contributed by atoms with Crippen molar-refractivity contribution in [2.75, 3.05) is 46.4 Å². The summed E-state index contributed by atoms with van der Waals surface area (Å²) in [6.07, 6.45) is -0.0460. The minimum atomic E-state index is -0.318. The maximum absolute atomic E-state index is 11.7. The van der Waals surface area contributed by atoms with Crippen molar-refractivity contribution in [3.8, 4) is 0 Å². The maximum atomic E-state index is 11.7. The molecule has 120 valence electrons. The van der Waals surface area contributed by atoms with Gasteiger partial charge in [0.25, 0.3) is 0 Å².